The van der Waals surface area contributed by atoms with Gasteiger partial charge >= 0.3 is 0 Å². The average molecular weight is 137 g/mol. The van der Waals surface area contributed by atoms with Gasteiger partial charge in [0.05, 0.1) is 12.3 Å². The quantitative estimate of drug-likeness (QED) is 0.630. The van der Waals surface area contributed by atoms with Gasteiger partial charge in [-0.15, -0.1) is 0 Å². The van der Waals surface area contributed by atoms with E-state index in [1.807, 2.05) is 26.0 Å². The van der Waals surface area contributed by atoms with Crippen LogP contribution < -0.4 is 0 Å². The van der Waals surface area contributed by atoms with E-state index in [4.69, 9.17) is 5.11 Å². The van der Waals surface area contributed by atoms with Gasteiger partial charge in [-0.25, -0.2) is 0 Å². The zero-order valence-corrected chi connectivity index (χ0v) is 6.26. The van der Waals surface area contributed by atoms with Crippen molar-refractivity contribution in [2.24, 2.45) is 0 Å². The molecule has 2 nitrogen and oxygen atoms in total. The minimum Gasteiger partial charge on any atom is -0.390 e. The smallest absolute Gasteiger partial charge is 0.0855 e. The third-order valence-corrected chi connectivity index (χ3v) is 1.49. The number of aryl methyl sites for hydroxylation is 2. The first-order chi connectivity index (χ1) is 4.74. The van der Waals surface area contributed by atoms with Gasteiger partial charge in [-0.2, -0.15) is 0 Å². The molecule has 0 spiro atoms. The summed E-state index contributed by atoms with van der Waals surface area (Å²) in [5.41, 5.74) is 2.78. The van der Waals surface area contributed by atoms with Crippen molar-refractivity contribution >= 4 is 0 Å². The van der Waals surface area contributed by atoms with E-state index in [0.717, 1.165) is 17.0 Å². The Balaban J connectivity index is 3.09. The molecular weight excluding hydrogens is 126 g/mol. The van der Waals surface area contributed by atoms with Crippen molar-refractivity contribution < 1.29 is 5.11 Å². The molecule has 0 radical (unpaired) electrons. The van der Waals surface area contributed by atoms with Crippen LogP contribution in [0.25, 0.3) is 0 Å². The first-order valence-electron chi connectivity index (χ1n) is 3.28. The maximum absolute atomic E-state index is 8.78. The lowest BCUT2D eigenvalue weighted by atomic mass is 10.2. The van der Waals surface area contributed by atoms with Crippen molar-refractivity contribution in [1.82, 2.24) is 4.98 Å². The summed E-state index contributed by atoms with van der Waals surface area (Å²) in [6.45, 7) is 3.89. The highest BCUT2D eigenvalue weighted by Crippen LogP contribution is 2.04. The Kier molecular flexibility index (Phi) is 2.02. The standard InChI is InChI=1S/C8H11NO/c1-6-3-4-7(2)9-8(6)5-10/h3-4,10H,5H2,1-2H3. The van der Waals surface area contributed by atoms with Crippen molar-refractivity contribution in [2.75, 3.05) is 0 Å². The van der Waals surface area contributed by atoms with Crippen LogP contribution in [0.5, 0.6) is 0 Å². The molecule has 2 heteroatoms. The van der Waals surface area contributed by atoms with Gasteiger partial charge in [0.25, 0.3) is 0 Å². The first kappa shape index (κ1) is 7.22. The van der Waals surface area contributed by atoms with E-state index in [1.54, 1.807) is 0 Å². The molecule has 54 valence electrons. The van der Waals surface area contributed by atoms with E-state index in [1.165, 1.54) is 0 Å². The molecular formula is C8H11NO. The summed E-state index contributed by atoms with van der Waals surface area (Å²) in [5, 5.41) is 8.78. The van der Waals surface area contributed by atoms with Gasteiger partial charge in [0, 0.05) is 5.69 Å². The molecule has 0 atom stereocenters. The van der Waals surface area contributed by atoms with Gasteiger partial charge in [0.15, 0.2) is 0 Å². The average Bonchev–Trinajstić information content (AvgIpc) is 1.94. The summed E-state index contributed by atoms with van der Waals surface area (Å²) >= 11 is 0. The lowest BCUT2D eigenvalue weighted by Crippen LogP contribution is -1.94. The van der Waals surface area contributed by atoms with Crippen molar-refractivity contribution in [3.63, 3.8) is 0 Å². The number of rotatable bonds is 1. The molecule has 0 saturated carbocycles. The lowest BCUT2D eigenvalue weighted by Gasteiger charge is -2.00. The molecule has 0 saturated heterocycles. The third kappa shape index (κ3) is 1.33. The van der Waals surface area contributed by atoms with Gasteiger partial charge in [0.1, 0.15) is 0 Å². The molecule has 10 heavy (non-hydrogen) atoms. The van der Waals surface area contributed by atoms with Crippen molar-refractivity contribution in [2.45, 2.75) is 20.5 Å². The molecule has 0 amide bonds. The minimum absolute atomic E-state index is 0.0352. The molecule has 0 aromatic carbocycles. The molecule has 0 bridgehead atoms. The highest BCUT2D eigenvalue weighted by molar-refractivity contribution is 5.20. The second-order valence-corrected chi connectivity index (χ2v) is 2.37. The van der Waals surface area contributed by atoms with E-state index in [9.17, 15) is 0 Å². The molecule has 1 aromatic heterocycles. The SMILES string of the molecule is Cc1ccc(C)c(CO)n1. The van der Waals surface area contributed by atoms with Gasteiger partial charge in [-0.05, 0) is 25.5 Å². The second-order valence-electron chi connectivity index (χ2n) is 2.37. The summed E-state index contributed by atoms with van der Waals surface area (Å²) in [7, 11) is 0. The number of hydrogen-bond donors (Lipinski definition) is 1. The number of aliphatic hydroxyl groups is 1. The highest BCUT2D eigenvalue weighted by Gasteiger charge is 1.96. The van der Waals surface area contributed by atoms with Crippen LogP contribution in [0.1, 0.15) is 17.0 Å². The zero-order valence-electron chi connectivity index (χ0n) is 6.26. The summed E-state index contributed by atoms with van der Waals surface area (Å²) in [6, 6.07) is 3.91. The second kappa shape index (κ2) is 2.80. The van der Waals surface area contributed by atoms with Crippen molar-refractivity contribution in [3.8, 4) is 0 Å². The van der Waals surface area contributed by atoms with Crippen LogP contribution in [0.2, 0.25) is 0 Å². The number of hydrogen-bond acceptors (Lipinski definition) is 2. The summed E-state index contributed by atoms with van der Waals surface area (Å²) < 4.78 is 0. The molecule has 1 N–H and O–H groups in total. The van der Waals surface area contributed by atoms with Crippen molar-refractivity contribution in [3.05, 3.63) is 29.1 Å². The maximum atomic E-state index is 8.78. The predicted octanol–water partition coefficient (Wildman–Crippen LogP) is 1.19. The Morgan fingerprint density at radius 2 is 2.10 bits per heavy atom. The fourth-order valence-corrected chi connectivity index (χ4v) is 0.840. The van der Waals surface area contributed by atoms with E-state index < -0.39 is 0 Å². The van der Waals surface area contributed by atoms with Crippen LogP contribution >= 0.6 is 0 Å². The third-order valence-electron chi connectivity index (χ3n) is 1.49. The predicted molar refractivity (Wildman–Crippen MR) is 39.6 cm³/mol. The monoisotopic (exact) mass is 137 g/mol. The fourth-order valence-electron chi connectivity index (χ4n) is 0.840. The maximum Gasteiger partial charge on any atom is 0.0855 e. The molecule has 1 rings (SSSR count). The number of pyridine rings is 1. The Bertz CT molecular complexity index is 233. The largest absolute Gasteiger partial charge is 0.390 e. The molecule has 0 unspecified atom stereocenters. The molecule has 0 aliphatic rings. The normalized spacial score (nSPS) is 9.90. The zero-order chi connectivity index (χ0) is 7.56. The number of aromatic nitrogens is 1. The minimum atomic E-state index is 0.0352. The Hall–Kier alpha value is -0.890. The van der Waals surface area contributed by atoms with Gasteiger partial charge in [-0.1, -0.05) is 6.07 Å². The van der Waals surface area contributed by atoms with Gasteiger partial charge < -0.3 is 5.11 Å². The number of aliphatic hydroxyl groups excluding tert-OH is 1. The van der Waals surface area contributed by atoms with Gasteiger partial charge in [0.2, 0.25) is 0 Å². The van der Waals surface area contributed by atoms with Crippen LogP contribution in [0.15, 0.2) is 12.1 Å². The highest BCUT2D eigenvalue weighted by atomic mass is 16.3. The fraction of sp³-hybridized carbons (Fsp3) is 0.375. The summed E-state index contributed by atoms with van der Waals surface area (Å²) in [6.07, 6.45) is 0. The van der Waals surface area contributed by atoms with Crippen molar-refractivity contribution in [1.29, 1.82) is 0 Å². The van der Waals surface area contributed by atoms with E-state index in [2.05, 4.69) is 4.98 Å². The Labute approximate surface area is 60.5 Å². The van der Waals surface area contributed by atoms with Crippen LogP contribution in [0.4, 0.5) is 0 Å². The summed E-state index contributed by atoms with van der Waals surface area (Å²) in [5.74, 6) is 0. The van der Waals surface area contributed by atoms with Crippen LogP contribution in [-0.4, -0.2) is 10.1 Å². The molecule has 0 aliphatic heterocycles. The molecule has 0 aliphatic carbocycles. The van der Waals surface area contributed by atoms with E-state index >= 15 is 0 Å². The van der Waals surface area contributed by atoms with E-state index in [-0.39, 0.29) is 6.61 Å². The Morgan fingerprint density at radius 3 is 2.60 bits per heavy atom. The van der Waals surface area contributed by atoms with Crippen LogP contribution in [-0.2, 0) is 6.61 Å². The first-order valence-corrected chi connectivity index (χ1v) is 3.28. The Morgan fingerprint density at radius 1 is 1.40 bits per heavy atom. The van der Waals surface area contributed by atoms with Gasteiger partial charge in [-0.3, -0.25) is 4.98 Å². The molecule has 1 aromatic rings. The molecule has 1 heterocycles. The van der Waals surface area contributed by atoms with Crippen LogP contribution in [0, 0.1) is 13.8 Å². The van der Waals surface area contributed by atoms with E-state index in [0.29, 0.717) is 0 Å². The topological polar surface area (TPSA) is 33.1 Å². The van der Waals surface area contributed by atoms with Crippen LogP contribution in [0.3, 0.4) is 0 Å². The summed E-state index contributed by atoms with van der Waals surface area (Å²) in [4.78, 5) is 4.14. The lowest BCUT2D eigenvalue weighted by molar-refractivity contribution is 0.275. The number of nitrogens with zero attached hydrogens (tertiary/aromatic N) is 1. The molecule has 0 fully saturated rings.